The van der Waals surface area contributed by atoms with E-state index >= 15 is 0 Å². The maximum Gasteiger partial charge on any atom is 0.106 e. The number of hydrogen-bond acceptors (Lipinski definition) is 1. The second-order valence-corrected chi connectivity index (χ2v) is 5.57. The minimum absolute atomic E-state index is 0.604. The molecule has 1 heteroatoms. The molecule has 2 fully saturated rings. The molecule has 90 valence electrons. The Morgan fingerprint density at radius 2 is 1.94 bits per heavy atom. The van der Waals surface area contributed by atoms with Gasteiger partial charge in [0, 0.05) is 5.92 Å². The van der Waals surface area contributed by atoms with Gasteiger partial charge >= 0.3 is 0 Å². The van der Waals surface area contributed by atoms with Crippen LogP contribution in [0.5, 0.6) is 0 Å². The van der Waals surface area contributed by atoms with Crippen LogP contribution in [0, 0.1) is 11.3 Å². The van der Waals surface area contributed by atoms with Crippen molar-refractivity contribution in [3.63, 3.8) is 0 Å². The highest BCUT2D eigenvalue weighted by atomic mass is 16.5. The first-order chi connectivity index (χ1) is 7.76. The van der Waals surface area contributed by atoms with Crippen LogP contribution in [0.25, 0.3) is 0 Å². The molecule has 0 saturated heterocycles. The largest absolute Gasteiger partial charge is 0.494 e. The average molecular weight is 220 g/mol. The van der Waals surface area contributed by atoms with Crippen molar-refractivity contribution in [3.8, 4) is 0 Å². The van der Waals surface area contributed by atoms with E-state index in [0.717, 1.165) is 5.76 Å². The molecule has 1 nitrogen and oxygen atoms in total. The van der Waals surface area contributed by atoms with E-state index in [0.29, 0.717) is 17.9 Å². The van der Waals surface area contributed by atoms with Crippen LogP contribution in [-0.2, 0) is 4.74 Å². The third-order valence-corrected chi connectivity index (χ3v) is 4.45. The lowest BCUT2D eigenvalue weighted by Gasteiger charge is -2.38. The molecular formula is C15H24O. The zero-order valence-electron chi connectivity index (χ0n) is 10.3. The van der Waals surface area contributed by atoms with Crippen molar-refractivity contribution in [2.45, 2.75) is 51.4 Å². The molecule has 2 aliphatic rings. The molecule has 1 spiro atoms. The second-order valence-electron chi connectivity index (χ2n) is 5.57. The van der Waals surface area contributed by atoms with E-state index in [-0.39, 0.29) is 0 Å². The Kier molecular flexibility index (Phi) is 3.73. The number of allylic oxidation sites excluding steroid dienone is 1. The lowest BCUT2D eigenvalue weighted by molar-refractivity contribution is 0.112. The van der Waals surface area contributed by atoms with Crippen LogP contribution in [0.3, 0.4) is 0 Å². The molecule has 0 aromatic rings. The molecule has 2 saturated carbocycles. The minimum Gasteiger partial charge on any atom is -0.494 e. The molecular weight excluding hydrogens is 196 g/mol. The summed E-state index contributed by atoms with van der Waals surface area (Å²) < 4.78 is 5.62. The van der Waals surface area contributed by atoms with Crippen molar-refractivity contribution in [2.24, 2.45) is 11.3 Å². The Morgan fingerprint density at radius 3 is 2.62 bits per heavy atom. The second kappa shape index (κ2) is 5.07. The molecule has 16 heavy (non-hydrogen) atoms. The molecule has 0 heterocycles. The van der Waals surface area contributed by atoms with Gasteiger partial charge in [0.25, 0.3) is 0 Å². The first kappa shape index (κ1) is 11.8. The summed E-state index contributed by atoms with van der Waals surface area (Å²) in [6.45, 7) is 8.40. The smallest absolute Gasteiger partial charge is 0.106 e. The summed E-state index contributed by atoms with van der Waals surface area (Å²) in [5, 5.41) is 0. The summed E-state index contributed by atoms with van der Waals surface area (Å²) in [7, 11) is 0. The molecule has 0 amide bonds. The van der Waals surface area contributed by atoms with Gasteiger partial charge in [-0.2, -0.15) is 0 Å². The zero-order valence-corrected chi connectivity index (χ0v) is 10.3. The molecule has 0 aromatic heterocycles. The lowest BCUT2D eigenvalue weighted by Crippen LogP contribution is -2.27. The molecule has 0 radical (unpaired) electrons. The van der Waals surface area contributed by atoms with Crippen molar-refractivity contribution >= 4 is 0 Å². The van der Waals surface area contributed by atoms with Crippen LogP contribution in [0.1, 0.15) is 51.4 Å². The summed E-state index contributed by atoms with van der Waals surface area (Å²) in [6, 6.07) is 0. The molecule has 0 aromatic carbocycles. The topological polar surface area (TPSA) is 9.23 Å². The monoisotopic (exact) mass is 220 g/mol. The van der Waals surface area contributed by atoms with Gasteiger partial charge in [0.15, 0.2) is 0 Å². The van der Waals surface area contributed by atoms with Crippen LogP contribution in [0.15, 0.2) is 25.0 Å². The number of rotatable bonds is 4. The first-order valence-corrected chi connectivity index (χ1v) is 6.68. The normalized spacial score (nSPS) is 27.9. The van der Waals surface area contributed by atoms with E-state index < -0.39 is 0 Å². The van der Waals surface area contributed by atoms with Gasteiger partial charge in [-0.1, -0.05) is 38.5 Å². The van der Waals surface area contributed by atoms with Crippen LogP contribution in [-0.4, -0.2) is 6.61 Å². The van der Waals surface area contributed by atoms with Gasteiger partial charge in [-0.15, -0.1) is 0 Å². The molecule has 2 rings (SSSR count). The van der Waals surface area contributed by atoms with Crippen LogP contribution in [0.2, 0.25) is 0 Å². The van der Waals surface area contributed by atoms with E-state index in [9.17, 15) is 0 Å². The minimum atomic E-state index is 0.604. The van der Waals surface area contributed by atoms with Gasteiger partial charge in [-0.05, 0) is 37.5 Å². The van der Waals surface area contributed by atoms with Crippen molar-refractivity contribution in [1.29, 1.82) is 0 Å². The summed E-state index contributed by atoms with van der Waals surface area (Å²) in [5.41, 5.74) is 0.656. The van der Waals surface area contributed by atoms with E-state index in [1.165, 1.54) is 51.4 Å². The molecule has 2 aliphatic carbocycles. The van der Waals surface area contributed by atoms with Gasteiger partial charge in [0.1, 0.15) is 6.61 Å². The van der Waals surface area contributed by atoms with Crippen molar-refractivity contribution in [1.82, 2.24) is 0 Å². The molecule has 1 unspecified atom stereocenters. The van der Waals surface area contributed by atoms with Crippen LogP contribution < -0.4 is 0 Å². The quantitative estimate of drug-likeness (QED) is 0.502. The Labute approximate surface area is 99.6 Å². The summed E-state index contributed by atoms with van der Waals surface area (Å²) in [4.78, 5) is 0. The number of ether oxygens (including phenoxy) is 1. The standard InChI is InChI=1S/C15H24O/c1-3-11-16-13(2)14-7-6-10-15(12-14)8-4-5-9-15/h3,14H,1-2,4-12H2. The predicted molar refractivity (Wildman–Crippen MR) is 68.1 cm³/mol. The highest BCUT2D eigenvalue weighted by molar-refractivity contribution is 5.00. The van der Waals surface area contributed by atoms with Gasteiger partial charge in [-0.3, -0.25) is 0 Å². The number of hydrogen-bond donors (Lipinski definition) is 0. The summed E-state index contributed by atoms with van der Waals surface area (Å²) >= 11 is 0. The molecule has 1 atom stereocenters. The van der Waals surface area contributed by atoms with Crippen LogP contribution in [0.4, 0.5) is 0 Å². The van der Waals surface area contributed by atoms with E-state index in [2.05, 4.69) is 13.2 Å². The Bertz CT molecular complexity index is 261. The van der Waals surface area contributed by atoms with Gasteiger partial charge in [0.05, 0.1) is 5.76 Å². The first-order valence-electron chi connectivity index (χ1n) is 6.68. The lowest BCUT2D eigenvalue weighted by atomic mass is 9.68. The van der Waals surface area contributed by atoms with Gasteiger partial charge in [0.2, 0.25) is 0 Å². The average Bonchev–Trinajstić information content (AvgIpc) is 2.74. The van der Waals surface area contributed by atoms with Crippen LogP contribution >= 0.6 is 0 Å². The Balaban J connectivity index is 1.90. The molecule has 0 aliphatic heterocycles. The highest BCUT2D eigenvalue weighted by Crippen LogP contribution is 2.51. The fourth-order valence-corrected chi connectivity index (χ4v) is 3.59. The van der Waals surface area contributed by atoms with E-state index in [4.69, 9.17) is 4.74 Å². The van der Waals surface area contributed by atoms with Crippen molar-refractivity contribution in [3.05, 3.63) is 25.0 Å². The highest BCUT2D eigenvalue weighted by Gasteiger charge is 2.39. The van der Waals surface area contributed by atoms with Crippen molar-refractivity contribution in [2.75, 3.05) is 6.61 Å². The SMILES string of the molecule is C=CCOC(=C)C1CCCC2(CCCC2)C1. The van der Waals surface area contributed by atoms with E-state index in [1.807, 2.05) is 0 Å². The fourth-order valence-electron chi connectivity index (χ4n) is 3.59. The fraction of sp³-hybridized carbons (Fsp3) is 0.733. The predicted octanol–water partition coefficient (Wildman–Crippen LogP) is 4.45. The maximum absolute atomic E-state index is 5.62. The van der Waals surface area contributed by atoms with Gasteiger partial charge in [-0.25, -0.2) is 0 Å². The third-order valence-electron chi connectivity index (χ3n) is 4.45. The molecule has 0 N–H and O–H groups in total. The van der Waals surface area contributed by atoms with Crippen molar-refractivity contribution < 1.29 is 4.74 Å². The van der Waals surface area contributed by atoms with E-state index in [1.54, 1.807) is 6.08 Å². The third kappa shape index (κ3) is 2.50. The maximum atomic E-state index is 5.62. The molecule has 0 bridgehead atoms. The zero-order chi connectivity index (χ0) is 11.4. The summed E-state index contributed by atoms with van der Waals surface area (Å²) in [6.07, 6.45) is 13.0. The van der Waals surface area contributed by atoms with Gasteiger partial charge < -0.3 is 4.74 Å². The Morgan fingerprint density at radius 1 is 1.25 bits per heavy atom. The summed E-state index contributed by atoms with van der Waals surface area (Å²) in [5.74, 6) is 1.61. The Hall–Kier alpha value is -0.720.